The van der Waals surface area contributed by atoms with Crippen LogP contribution in [-0.2, 0) is 14.9 Å². The van der Waals surface area contributed by atoms with Crippen LogP contribution in [0.15, 0.2) is 48.5 Å². The summed E-state index contributed by atoms with van der Waals surface area (Å²) in [5.74, 6) is -0.356. The Morgan fingerprint density at radius 3 is 2.31 bits per heavy atom. The number of aromatic nitrogens is 2. The summed E-state index contributed by atoms with van der Waals surface area (Å²) in [5, 5.41) is 8.71. The summed E-state index contributed by atoms with van der Waals surface area (Å²) in [4.78, 5) is 27.6. The van der Waals surface area contributed by atoms with Crippen molar-refractivity contribution >= 4 is 52.4 Å². The predicted octanol–water partition coefficient (Wildman–Crippen LogP) is 5.86. The fourth-order valence-corrected chi connectivity index (χ4v) is 4.06. The Bertz CT molecular complexity index is 1200. The van der Waals surface area contributed by atoms with E-state index in [2.05, 4.69) is 10.4 Å². The normalized spacial score (nSPS) is 11.4. The lowest BCUT2D eigenvalue weighted by molar-refractivity contribution is -0.117. The number of halogens is 3. The molecule has 0 unspecified atom stereocenters. The molecule has 0 spiro atoms. The molecule has 0 radical (unpaired) electrons. The van der Waals surface area contributed by atoms with Crippen molar-refractivity contribution in [2.75, 3.05) is 32.1 Å². The third-order valence-electron chi connectivity index (χ3n) is 5.12. The van der Waals surface area contributed by atoms with E-state index in [1.165, 1.54) is 30.2 Å². The second-order valence-electron chi connectivity index (χ2n) is 8.95. The van der Waals surface area contributed by atoms with Gasteiger partial charge in [-0.3, -0.25) is 9.59 Å². The van der Waals surface area contributed by atoms with Gasteiger partial charge in [-0.15, -0.1) is 0 Å². The van der Waals surface area contributed by atoms with Crippen molar-refractivity contribution in [1.82, 2.24) is 14.7 Å². The molecular weight excluding hydrogens is 511 g/mol. The SMILES string of the molecule is COCCN(CC(=O)Nc1cc(C(C)(C)C)nn1-c1ccccc1Cl)C(=O)c1cc(Cl)cc(Cl)c1. The molecule has 0 bridgehead atoms. The van der Waals surface area contributed by atoms with Crippen molar-refractivity contribution in [3.63, 3.8) is 0 Å². The molecule has 0 aliphatic carbocycles. The third kappa shape index (κ3) is 6.98. The molecule has 2 aromatic carbocycles. The second-order valence-corrected chi connectivity index (χ2v) is 10.2. The number of hydrogen-bond acceptors (Lipinski definition) is 4. The van der Waals surface area contributed by atoms with Gasteiger partial charge in [-0.05, 0) is 30.3 Å². The van der Waals surface area contributed by atoms with Gasteiger partial charge in [-0.25, -0.2) is 4.68 Å². The highest BCUT2D eigenvalue weighted by Crippen LogP contribution is 2.29. The number of anilines is 1. The summed E-state index contributed by atoms with van der Waals surface area (Å²) in [6.45, 7) is 6.31. The number of nitrogens with one attached hydrogen (secondary N) is 1. The Hall–Kier alpha value is -2.58. The molecule has 1 aromatic heterocycles. The molecule has 0 aliphatic heterocycles. The van der Waals surface area contributed by atoms with E-state index in [9.17, 15) is 9.59 Å². The van der Waals surface area contributed by atoms with E-state index in [0.717, 1.165) is 5.69 Å². The maximum atomic E-state index is 13.1. The lowest BCUT2D eigenvalue weighted by atomic mass is 9.92. The molecule has 3 aromatic rings. The van der Waals surface area contributed by atoms with E-state index < -0.39 is 11.8 Å². The van der Waals surface area contributed by atoms with Gasteiger partial charge in [-0.1, -0.05) is 67.7 Å². The number of para-hydroxylation sites is 1. The van der Waals surface area contributed by atoms with Crippen molar-refractivity contribution in [2.45, 2.75) is 26.2 Å². The maximum absolute atomic E-state index is 13.1. The van der Waals surface area contributed by atoms with Gasteiger partial charge in [0, 0.05) is 40.7 Å². The summed E-state index contributed by atoms with van der Waals surface area (Å²) in [6, 6.07) is 13.6. The van der Waals surface area contributed by atoms with Gasteiger partial charge in [0.15, 0.2) is 0 Å². The number of amides is 2. The molecule has 2 amide bonds. The Kier molecular flexibility index (Phi) is 8.83. The summed E-state index contributed by atoms with van der Waals surface area (Å²) in [5.41, 5.74) is 1.41. The highest BCUT2D eigenvalue weighted by atomic mass is 35.5. The molecule has 0 fully saturated rings. The van der Waals surface area contributed by atoms with Gasteiger partial charge in [-0.2, -0.15) is 5.10 Å². The molecule has 7 nitrogen and oxygen atoms in total. The number of ether oxygens (including phenoxy) is 1. The van der Waals surface area contributed by atoms with Gasteiger partial charge in [0.25, 0.3) is 5.91 Å². The quantitative estimate of drug-likeness (QED) is 0.391. The Morgan fingerprint density at radius 1 is 1.06 bits per heavy atom. The molecular formula is C25H27Cl3N4O3. The average molecular weight is 538 g/mol. The zero-order valence-electron chi connectivity index (χ0n) is 19.9. The van der Waals surface area contributed by atoms with Crippen molar-refractivity contribution in [3.8, 4) is 5.69 Å². The lowest BCUT2D eigenvalue weighted by Gasteiger charge is -2.22. The molecule has 1 heterocycles. The van der Waals surface area contributed by atoms with Crippen LogP contribution in [0, 0.1) is 0 Å². The topological polar surface area (TPSA) is 76.5 Å². The van der Waals surface area contributed by atoms with Gasteiger partial charge in [0.1, 0.15) is 12.4 Å². The number of methoxy groups -OCH3 is 1. The van der Waals surface area contributed by atoms with E-state index in [4.69, 9.17) is 39.5 Å². The molecule has 3 rings (SSSR count). The molecule has 0 saturated carbocycles. The van der Waals surface area contributed by atoms with Crippen LogP contribution in [0.25, 0.3) is 5.69 Å². The first-order valence-electron chi connectivity index (χ1n) is 10.9. The third-order valence-corrected chi connectivity index (χ3v) is 5.88. The average Bonchev–Trinajstić information content (AvgIpc) is 3.19. The van der Waals surface area contributed by atoms with Crippen LogP contribution in [0.5, 0.6) is 0 Å². The van der Waals surface area contributed by atoms with E-state index in [0.29, 0.717) is 26.6 Å². The molecule has 10 heteroatoms. The van der Waals surface area contributed by atoms with Crippen LogP contribution in [0.3, 0.4) is 0 Å². The van der Waals surface area contributed by atoms with Gasteiger partial charge < -0.3 is 15.0 Å². The maximum Gasteiger partial charge on any atom is 0.254 e. The zero-order valence-corrected chi connectivity index (χ0v) is 22.2. The highest BCUT2D eigenvalue weighted by Gasteiger charge is 2.24. The molecule has 0 aliphatic rings. The predicted molar refractivity (Wildman–Crippen MR) is 140 cm³/mol. The van der Waals surface area contributed by atoms with E-state index in [-0.39, 0.29) is 30.7 Å². The van der Waals surface area contributed by atoms with Crippen molar-refractivity contribution in [2.24, 2.45) is 0 Å². The molecule has 0 saturated heterocycles. The molecule has 35 heavy (non-hydrogen) atoms. The van der Waals surface area contributed by atoms with Gasteiger partial charge in [0.2, 0.25) is 5.91 Å². The van der Waals surface area contributed by atoms with Crippen LogP contribution in [0.2, 0.25) is 15.1 Å². The minimum atomic E-state index is -0.406. The van der Waals surface area contributed by atoms with E-state index >= 15 is 0 Å². The van der Waals surface area contributed by atoms with Gasteiger partial charge in [0.05, 0.1) is 23.0 Å². The number of hydrogen-bond donors (Lipinski definition) is 1. The van der Waals surface area contributed by atoms with E-state index in [1.807, 2.05) is 39.0 Å². The first-order chi connectivity index (χ1) is 16.5. The molecule has 1 N–H and O–H groups in total. The summed E-state index contributed by atoms with van der Waals surface area (Å²) in [6.07, 6.45) is 0. The van der Waals surface area contributed by atoms with Crippen LogP contribution in [0.1, 0.15) is 36.8 Å². The van der Waals surface area contributed by atoms with Crippen LogP contribution in [0.4, 0.5) is 5.82 Å². The number of carbonyl (C=O) groups excluding carboxylic acids is 2. The molecule has 186 valence electrons. The summed E-state index contributed by atoms with van der Waals surface area (Å²) >= 11 is 18.5. The number of nitrogens with zero attached hydrogens (tertiary/aromatic N) is 3. The number of rotatable bonds is 8. The van der Waals surface area contributed by atoms with Crippen molar-refractivity contribution < 1.29 is 14.3 Å². The minimum Gasteiger partial charge on any atom is -0.383 e. The Morgan fingerprint density at radius 2 is 1.71 bits per heavy atom. The lowest BCUT2D eigenvalue weighted by Crippen LogP contribution is -2.40. The smallest absolute Gasteiger partial charge is 0.254 e. The Balaban J connectivity index is 1.88. The highest BCUT2D eigenvalue weighted by molar-refractivity contribution is 6.35. The summed E-state index contributed by atoms with van der Waals surface area (Å²) < 4.78 is 6.73. The standard InChI is InChI=1S/C25H27Cl3N4O3/c1-25(2,3)21-14-22(32(30-21)20-8-6-5-7-19(20)28)29-23(33)15-31(9-10-35-4)24(34)16-11-17(26)13-18(27)12-16/h5-8,11-14H,9-10,15H2,1-4H3,(H,29,33). The number of benzene rings is 2. The van der Waals surface area contributed by atoms with Crippen LogP contribution in [-0.4, -0.2) is 53.3 Å². The van der Waals surface area contributed by atoms with Gasteiger partial charge >= 0.3 is 0 Å². The largest absolute Gasteiger partial charge is 0.383 e. The molecule has 0 atom stereocenters. The first kappa shape index (κ1) is 27.0. The summed E-state index contributed by atoms with van der Waals surface area (Å²) in [7, 11) is 1.52. The minimum absolute atomic E-state index is 0.198. The van der Waals surface area contributed by atoms with E-state index in [1.54, 1.807) is 16.8 Å². The number of carbonyl (C=O) groups is 2. The Labute approximate surface area is 219 Å². The van der Waals surface area contributed by atoms with Crippen molar-refractivity contribution in [3.05, 3.63) is 74.9 Å². The fraction of sp³-hybridized carbons (Fsp3) is 0.320. The van der Waals surface area contributed by atoms with Crippen LogP contribution < -0.4 is 5.32 Å². The van der Waals surface area contributed by atoms with Crippen LogP contribution >= 0.6 is 34.8 Å². The zero-order chi connectivity index (χ0) is 25.8. The fourth-order valence-electron chi connectivity index (χ4n) is 3.31. The van der Waals surface area contributed by atoms with Crippen molar-refractivity contribution in [1.29, 1.82) is 0 Å². The monoisotopic (exact) mass is 536 g/mol. The second kappa shape index (κ2) is 11.4. The first-order valence-corrected chi connectivity index (χ1v) is 12.0.